The molecule has 0 radical (unpaired) electrons. The number of carbonyl (C=O) groups excluding carboxylic acids is 1. The van der Waals surface area contributed by atoms with Gasteiger partial charge >= 0.3 is 5.97 Å². The molecule has 0 amide bonds. The Hall–Kier alpha value is -2.40. The first-order valence-electron chi connectivity index (χ1n) is 10.9. The largest absolute Gasteiger partial charge is 0.464 e. The average molecular weight is 454 g/mol. The van der Waals surface area contributed by atoms with Crippen LogP contribution < -0.4 is 0 Å². The summed E-state index contributed by atoms with van der Waals surface area (Å²) in [7, 11) is 4.04. The molecule has 3 aromatic rings. The van der Waals surface area contributed by atoms with Crippen molar-refractivity contribution in [3.05, 3.63) is 70.7 Å². The first-order valence-corrected chi connectivity index (χ1v) is 11.3. The monoisotopic (exact) mass is 453 g/mol. The molecule has 170 valence electrons. The molecule has 1 atom stereocenters. The maximum absolute atomic E-state index is 13.3. The number of ether oxygens (including phenoxy) is 2. The van der Waals surface area contributed by atoms with Gasteiger partial charge in [0.2, 0.25) is 0 Å². The van der Waals surface area contributed by atoms with Crippen LogP contribution in [0.2, 0.25) is 5.02 Å². The van der Waals surface area contributed by atoms with Gasteiger partial charge in [-0.25, -0.2) is 4.79 Å². The zero-order chi connectivity index (χ0) is 23.5. The Morgan fingerprint density at radius 3 is 2.31 bits per heavy atom. The zero-order valence-electron chi connectivity index (χ0n) is 19.7. The topological polar surface area (TPSA) is 38.8 Å². The van der Waals surface area contributed by atoms with E-state index in [1.807, 2.05) is 78.2 Å². The molecule has 0 saturated carbocycles. The molecule has 0 bridgehead atoms. The van der Waals surface area contributed by atoms with E-state index < -0.39 is 11.7 Å². The van der Waals surface area contributed by atoms with Gasteiger partial charge in [-0.3, -0.25) is 0 Å². The van der Waals surface area contributed by atoms with Crippen LogP contribution in [0.3, 0.4) is 0 Å². The summed E-state index contributed by atoms with van der Waals surface area (Å²) >= 11 is 6.19. The fourth-order valence-corrected chi connectivity index (χ4v) is 4.04. The van der Waals surface area contributed by atoms with Gasteiger partial charge < -0.3 is 14.4 Å². The summed E-state index contributed by atoms with van der Waals surface area (Å²) in [4.78, 5) is 15.3. The summed E-state index contributed by atoms with van der Waals surface area (Å²) in [5, 5.41) is 2.83. The summed E-state index contributed by atoms with van der Waals surface area (Å²) in [6.07, 6.45) is -0.861. The van der Waals surface area contributed by atoms with Crippen LogP contribution in [0.1, 0.15) is 44.9 Å². The van der Waals surface area contributed by atoms with Gasteiger partial charge in [-0.2, -0.15) is 0 Å². The van der Waals surface area contributed by atoms with Gasteiger partial charge in [-0.1, -0.05) is 48.0 Å². The number of carbonyl (C=O) groups is 1. The van der Waals surface area contributed by atoms with Crippen molar-refractivity contribution in [2.24, 2.45) is 0 Å². The van der Waals surface area contributed by atoms with Crippen LogP contribution in [0.15, 0.2) is 54.6 Å². The second kappa shape index (κ2) is 10.0. The van der Waals surface area contributed by atoms with E-state index in [-0.39, 0.29) is 12.6 Å². The molecular weight excluding hydrogens is 422 g/mol. The third-order valence-electron chi connectivity index (χ3n) is 5.03. The van der Waals surface area contributed by atoms with Crippen molar-refractivity contribution < 1.29 is 14.3 Å². The Balaban J connectivity index is 2.41. The Bertz CT molecular complexity index is 1080. The van der Waals surface area contributed by atoms with Gasteiger partial charge in [0.05, 0.1) is 12.2 Å². The standard InChI is InChI=1S/C27H32ClNO3/c1-7-31-26(30)25(32-27(2,3)4)24-20(17-29(5)6)16-19-10-8-9-11-22(19)23(24)18-12-14-21(28)15-13-18/h8-16,25H,7,17H2,1-6H3. The minimum Gasteiger partial charge on any atom is -0.464 e. The lowest BCUT2D eigenvalue weighted by atomic mass is 9.86. The van der Waals surface area contributed by atoms with E-state index in [0.29, 0.717) is 11.6 Å². The van der Waals surface area contributed by atoms with E-state index >= 15 is 0 Å². The molecule has 3 rings (SSSR count). The molecule has 0 aromatic heterocycles. The van der Waals surface area contributed by atoms with Gasteiger partial charge in [0, 0.05) is 17.1 Å². The number of hydrogen-bond acceptors (Lipinski definition) is 4. The lowest BCUT2D eigenvalue weighted by molar-refractivity contribution is -0.166. The minimum atomic E-state index is -0.861. The van der Waals surface area contributed by atoms with Crippen molar-refractivity contribution >= 4 is 28.3 Å². The van der Waals surface area contributed by atoms with Crippen molar-refractivity contribution in [2.75, 3.05) is 20.7 Å². The van der Waals surface area contributed by atoms with Crippen molar-refractivity contribution in [2.45, 2.75) is 45.9 Å². The van der Waals surface area contributed by atoms with Gasteiger partial charge in [0.1, 0.15) is 0 Å². The molecule has 0 fully saturated rings. The quantitative estimate of drug-likeness (QED) is 0.376. The molecular formula is C27H32ClNO3. The van der Waals surface area contributed by atoms with Crippen LogP contribution in [-0.4, -0.2) is 37.2 Å². The summed E-state index contributed by atoms with van der Waals surface area (Å²) in [5.74, 6) is -0.382. The van der Waals surface area contributed by atoms with Crippen LogP contribution in [0, 0.1) is 0 Å². The number of halogens is 1. The van der Waals surface area contributed by atoms with Gasteiger partial charge in [0.25, 0.3) is 0 Å². The highest BCUT2D eigenvalue weighted by molar-refractivity contribution is 6.30. The molecule has 3 aromatic carbocycles. The van der Waals surface area contributed by atoms with E-state index in [4.69, 9.17) is 21.1 Å². The normalized spacial score (nSPS) is 12.9. The molecule has 0 heterocycles. The van der Waals surface area contributed by atoms with Crippen LogP contribution in [-0.2, 0) is 20.8 Å². The van der Waals surface area contributed by atoms with E-state index in [1.54, 1.807) is 0 Å². The Morgan fingerprint density at radius 2 is 1.72 bits per heavy atom. The average Bonchev–Trinajstić information content (AvgIpc) is 2.71. The molecule has 0 aliphatic carbocycles. The fraction of sp³-hybridized carbons (Fsp3) is 0.370. The van der Waals surface area contributed by atoms with Gasteiger partial charge in [-0.15, -0.1) is 0 Å². The summed E-state index contributed by atoms with van der Waals surface area (Å²) in [6, 6.07) is 18.1. The van der Waals surface area contributed by atoms with Crippen molar-refractivity contribution in [3.8, 4) is 11.1 Å². The molecule has 0 N–H and O–H groups in total. The highest BCUT2D eigenvalue weighted by atomic mass is 35.5. The number of benzene rings is 3. The van der Waals surface area contributed by atoms with Crippen LogP contribution in [0.5, 0.6) is 0 Å². The van der Waals surface area contributed by atoms with E-state index in [0.717, 1.165) is 33.0 Å². The second-order valence-corrected chi connectivity index (χ2v) is 9.59. The second-order valence-electron chi connectivity index (χ2n) is 9.15. The summed E-state index contributed by atoms with van der Waals surface area (Å²) in [5.41, 5.74) is 3.27. The molecule has 0 spiro atoms. The Labute approximate surface area is 196 Å². The number of fused-ring (bicyclic) bond motifs is 1. The molecule has 0 aliphatic heterocycles. The molecule has 1 unspecified atom stereocenters. The predicted octanol–water partition coefficient (Wildman–Crippen LogP) is 6.64. The van der Waals surface area contributed by atoms with Crippen molar-refractivity contribution in [3.63, 3.8) is 0 Å². The summed E-state index contributed by atoms with van der Waals surface area (Å²) in [6.45, 7) is 8.61. The number of rotatable bonds is 7. The maximum Gasteiger partial charge on any atom is 0.339 e. The third-order valence-corrected chi connectivity index (χ3v) is 5.28. The van der Waals surface area contributed by atoms with E-state index in [9.17, 15) is 4.79 Å². The Morgan fingerprint density at radius 1 is 1.06 bits per heavy atom. The number of esters is 1. The first-order chi connectivity index (χ1) is 15.1. The van der Waals surface area contributed by atoms with Gasteiger partial charge in [0.15, 0.2) is 6.10 Å². The molecule has 32 heavy (non-hydrogen) atoms. The van der Waals surface area contributed by atoms with Crippen LogP contribution in [0.4, 0.5) is 0 Å². The number of hydrogen-bond donors (Lipinski definition) is 0. The van der Waals surface area contributed by atoms with Crippen molar-refractivity contribution in [1.82, 2.24) is 4.90 Å². The smallest absolute Gasteiger partial charge is 0.339 e. The summed E-state index contributed by atoms with van der Waals surface area (Å²) < 4.78 is 11.9. The molecule has 4 nitrogen and oxygen atoms in total. The lowest BCUT2D eigenvalue weighted by Gasteiger charge is -2.30. The highest BCUT2D eigenvalue weighted by Gasteiger charge is 2.33. The van der Waals surface area contributed by atoms with Crippen LogP contribution >= 0.6 is 11.6 Å². The van der Waals surface area contributed by atoms with E-state index in [1.165, 1.54) is 0 Å². The highest BCUT2D eigenvalue weighted by Crippen LogP contribution is 2.41. The predicted molar refractivity (Wildman–Crippen MR) is 132 cm³/mol. The molecule has 0 aliphatic rings. The van der Waals surface area contributed by atoms with E-state index in [2.05, 4.69) is 23.1 Å². The third kappa shape index (κ3) is 5.69. The van der Waals surface area contributed by atoms with Crippen LogP contribution in [0.25, 0.3) is 21.9 Å². The lowest BCUT2D eigenvalue weighted by Crippen LogP contribution is -2.30. The minimum absolute atomic E-state index is 0.287. The molecule has 0 saturated heterocycles. The number of nitrogens with zero attached hydrogens (tertiary/aromatic N) is 1. The zero-order valence-corrected chi connectivity index (χ0v) is 20.5. The molecule has 5 heteroatoms. The SMILES string of the molecule is CCOC(=O)C(OC(C)(C)C)c1c(CN(C)C)cc2ccccc2c1-c1ccc(Cl)cc1. The Kier molecular flexibility index (Phi) is 7.60. The van der Waals surface area contributed by atoms with Gasteiger partial charge in [-0.05, 0) is 87.5 Å². The first kappa shape index (κ1) is 24.2. The maximum atomic E-state index is 13.3. The van der Waals surface area contributed by atoms with Crippen molar-refractivity contribution in [1.29, 1.82) is 0 Å². The fourth-order valence-electron chi connectivity index (χ4n) is 3.92.